The zero-order valence-electron chi connectivity index (χ0n) is 15.4. The standard InChI is InChI=1S/C18H28N4O2S/c1-14-12-22-17(23)11-15(19-18(22)25-14)13-21(7-4-10-24-3)16-5-8-20(2)9-6-16/h11-12,16H,4-10,13H2,1-3H3. The lowest BCUT2D eigenvalue weighted by Gasteiger charge is -2.37. The summed E-state index contributed by atoms with van der Waals surface area (Å²) in [5, 5.41) is 0. The number of hydrogen-bond acceptors (Lipinski definition) is 6. The van der Waals surface area contributed by atoms with Gasteiger partial charge in [-0.15, -0.1) is 11.3 Å². The Labute approximate surface area is 153 Å². The second-order valence-corrected chi connectivity index (χ2v) is 8.14. The monoisotopic (exact) mass is 364 g/mol. The first-order valence-electron chi connectivity index (χ1n) is 8.97. The molecule has 0 amide bonds. The van der Waals surface area contributed by atoms with Crippen LogP contribution in [0.25, 0.3) is 4.96 Å². The van der Waals surface area contributed by atoms with Crippen LogP contribution in [-0.4, -0.2) is 65.6 Å². The van der Waals surface area contributed by atoms with Crippen molar-refractivity contribution < 1.29 is 4.74 Å². The fourth-order valence-electron chi connectivity index (χ4n) is 3.51. The van der Waals surface area contributed by atoms with E-state index >= 15 is 0 Å². The van der Waals surface area contributed by atoms with Crippen molar-refractivity contribution >= 4 is 16.3 Å². The lowest BCUT2D eigenvalue weighted by Crippen LogP contribution is -2.44. The molecule has 2 aromatic heterocycles. The van der Waals surface area contributed by atoms with Gasteiger partial charge in [0.05, 0.1) is 5.69 Å². The number of methoxy groups -OCH3 is 1. The van der Waals surface area contributed by atoms with Gasteiger partial charge in [0.25, 0.3) is 5.56 Å². The Balaban J connectivity index is 1.77. The lowest BCUT2D eigenvalue weighted by atomic mass is 10.0. The van der Waals surface area contributed by atoms with Crippen LogP contribution in [0.5, 0.6) is 0 Å². The largest absolute Gasteiger partial charge is 0.385 e. The highest BCUT2D eigenvalue weighted by Crippen LogP contribution is 2.19. The van der Waals surface area contributed by atoms with E-state index in [2.05, 4.69) is 16.8 Å². The molecule has 25 heavy (non-hydrogen) atoms. The highest BCUT2D eigenvalue weighted by Gasteiger charge is 2.23. The minimum absolute atomic E-state index is 0.0181. The van der Waals surface area contributed by atoms with E-state index in [1.807, 2.05) is 13.1 Å². The average molecular weight is 365 g/mol. The van der Waals surface area contributed by atoms with Gasteiger partial charge in [-0.1, -0.05) is 0 Å². The van der Waals surface area contributed by atoms with E-state index in [1.165, 1.54) is 12.8 Å². The molecule has 0 atom stereocenters. The summed E-state index contributed by atoms with van der Waals surface area (Å²) < 4.78 is 6.87. The number of rotatable bonds is 7. The van der Waals surface area contributed by atoms with Crippen molar-refractivity contribution in [3.8, 4) is 0 Å². The molecule has 0 aliphatic carbocycles. The number of piperidine rings is 1. The second kappa shape index (κ2) is 8.40. The second-order valence-electron chi connectivity index (χ2n) is 6.93. The van der Waals surface area contributed by atoms with Crippen molar-refractivity contribution in [1.82, 2.24) is 19.2 Å². The van der Waals surface area contributed by atoms with Gasteiger partial charge < -0.3 is 9.64 Å². The molecule has 7 heteroatoms. The number of likely N-dealkylation sites (tertiary alicyclic amines) is 1. The van der Waals surface area contributed by atoms with Crippen molar-refractivity contribution in [2.75, 3.05) is 40.4 Å². The SMILES string of the molecule is COCCCN(Cc1cc(=O)n2cc(C)sc2n1)C1CCN(C)CC1. The van der Waals surface area contributed by atoms with E-state index in [0.717, 1.165) is 54.7 Å². The normalized spacial score (nSPS) is 17.0. The maximum Gasteiger partial charge on any atom is 0.258 e. The van der Waals surface area contributed by atoms with E-state index in [-0.39, 0.29) is 5.56 Å². The molecular weight excluding hydrogens is 336 g/mol. The molecule has 1 aliphatic heterocycles. The topological polar surface area (TPSA) is 50.1 Å². The molecule has 3 rings (SSSR count). The van der Waals surface area contributed by atoms with Crippen LogP contribution in [0, 0.1) is 6.92 Å². The number of hydrogen-bond donors (Lipinski definition) is 0. The molecular formula is C18H28N4O2S. The first-order valence-corrected chi connectivity index (χ1v) is 9.78. The molecule has 0 aromatic carbocycles. The summed E-state index contributed by atoms with van der Waals surface area (Å²) in [7, 11) is 3.93. The summed E-state index contributed by atoms with van der Waals surface area (Å²) >= 11 is 1.57. The van der Waals surface area contributed by atoms with Crippen LogP contribution >= 0.6 is 11.3 Å². The molecule has 0 unspecified atom stereocenters. The van der Waals surface area contributed by atoms with Crippen molar-refractivity contribution in [1.29, 1.82) is 0 Å². The Kier molecular flexibility index (Phi) is 6.22. The van der Waals surface area contributed by atoms with Gasteiger partial charge in [0.1, 0.15) is 0 Å². The van der Waals surface area contributed by atoms with Crippen molar-refractivity contribution in [2.45, 2.75) is 38.8 Å². The van der Waals surface area contributed by atoms with Gasteiger partial charge >= 0.3 is 0 Å². The number of fused-ring (bicyclic) bond motifs is 1. The number of aromatic nitrogens is 2. The molecule has 138 valence electrons. The summed E-state index contributed by atoms with van der Waals surface area (Å²) in [6.45, 7) is 6.75. The van der Waals surface area contributed by atoms with Crippen LogP contribution in [0.2, 0.25) is 0 Å². The van der Waals surface area contributed by atoms with Gasteiger partial charge in [0.2, 0.25) is 0 Å². The third-order valence-corrected chi connectivity index (χ3v) is 5.80. The molecule has 0 N–H and O–H groups in total. The predicted octanol–water partition coefficient (Wildman–Crippen LogP) is 2.00. The molecule has 3 heterocycles. The smallest absolute Gasteiger partial charge is 0.258 e. The number of ether oxygens (including phenoxy) is 1. The van der Waals surface area contributed by atoms with Gasteiger partial charge in [-0.25, -0.2) is 4.98 Å². The quantitative estimate of drug-likeness (QED) is 0.704. The zero-order valence-corrected chi connectivity index (χ0v) is 16.2. The first-order chi connectivity index (χ1) is 12.1. The summed E-state index contributed by atoms with van der Waals surface area (Å²) in [6, 6.07) is 2.25. The maximum absolute atomic E-state index is 12.4. The van der Waals surface area contributed by atoms with Crippen LogP contribution < -0.4 is 5.56 Å². The van der Waals surface area contributed by atoms with Crippen molar-refractivity contribution in [2.24, 2.45) is 0 Å². The van der Waals surface area contributed by atoms with Crippen LogP contribution in [0.1, 0.15) is 29.8 Å². The Morgan fingerprint density at radius 2 is 2.16 bits per heavy atom. The molecule has 0 bridgehead atoms. The van der Waals surface area contributed by atoms with E-state index in [9.17, 15) is 4.79 Å². The lowest BCUT2D eigenvalue weighted by molar-refractivity contribution is 0.0990. The summed E-state index contributed by atoms with van der Waals surface area (Å²) in [5.74, 6) is 0. The molecule has 2 aromatic rings. The average Bonchev–Trinajstić information content (AvgIpc) is 2.96. The molecule has 1 aliphatic rings. The first kappa shape index (κ1) is 18.5. The summed E-state index contributed by atoms with van der Waals surface area (Å²) in [5.41, 5.74) is 0.896. The number of thiazole rings is 1. The van der Waals surface area contributed by atoms with E-state index in [0.29, 0.717) is 6.04 Å². The van der Waals surface area contributed by atoms with Crippen molar-refractivity contribution in [3.63, 3.8) is 0 Å². The Bertz CT molecular complexity index is 749. The summed E-state index contributed by atoms with van der Waals surface area (Å²) in [4.78, 5) is 23.9. The zero-order chi connectivity index (χ0) is 17.8. The van der Waals surface area contributed by atoms with E-state index in [4.69, 9.17) is 9.72 Å². The van der Waals surface area contributed by atoms with Crippen LogP contribution in [0.15, 0.2) is 17.1 Å². The molecule has 1 saturated heterocycles. The van der Waals surface area contributed by atoms with E-state index in [1.54, 1.807) is 28.9 Å². The third-order valence-electron chi connectivity index (χ3n) is 4.90. The van der Waals surface area contributed by atoms with Crippen LogP contribution in [0.4, 0.5) is 0 Å². The molecule has 0 saturated carbocycles. The fourth-order valence-corrected chi connectivity index (χ4v) is 4.36. The number of nitrogens with zero attached hydrogens (tertiary/aromatic N) is 4. The highest BCUT2D eigenvalue weighted by molar-refractivity contribution is 7.16. The highest BCUT2D eigenvalue weighted by atomic mass is 32.1. The van der Waals surface area contributed by atoms with Crippen LogP contribution in [-0.2, 0) is 11.3 Å². The van der Waals surface area contributed by atoms with Gasteiger partial charge in [0, 0.05) is 50.0 Å². The fraction of sp³-hybridized carbons (Fsp3) is 0.667. The molecule has 0 spiro atoms. The van der Waals surface area contributed by atoms with Gasteiger partial charge in [-0.2, -0.15) is 0 Å². The maximum atomic E-state index is 12.4. The third kappa shape index (κ3) is 4.67. The van der Waals surface area contributed by atoms with Gasteiger partial charge in [0.15, 0.2) is 4.96 Å². The summed E-state index contributed by atoms with van der Waals surface area (Å²) in [6.07, 6.45) is 5.21. The van der Waals surface area contributed by atoms with Gasteiger partial charge in [-0.3, -0.25) is 14.1 Å². The minimum Gasteiger partial charge on any atom is -0.385 e. The Hall–Kier alpha value is -1.28. The Morgan fingerprint density at radius 3 is 2.88 bits per heavy atom. The number of aryl methyl sites for hydroxylation is 1. The predicted molar refractivity (Wildman–Crippen MR) is 101 cm³/mol. The molecule has 0 radical (unpaired) electrons. The minimum atomic E-state index is 0.0181. The Morgan fingerprint density at radius 1 is 1.40 bits per heavy atom. The van der Waals surface area contributed by atoms with E-state index < -0.39 is 0 Å². The molecule has 6 nitrogen and oxygen atoms in total. The van der Waals surface area contributed by atoms with Crippen molar-refractivity contribution in [3.05, 3.63) is 33.2 Å². The van der Waals surface area contributed by atoms with Crippen LogP contribution in [0.3, 0.4) is 0 Å². The molecule has 1 fully saturated rings. The van der Waals surface area contributed by atoms with Gasteiger partial charge in [-0.05, 0) is 46.3 Å².